The van der Waals surface area contributed by atoms with Crippen molar-refractivity contribution in [2.75, 3.05) is 5.32 Å². The van der Waals surface area contributed by atoms with E-state index in [1.54, 1.807) is 0 Å². The maximum Gasteiger partial charge on any atom is 0.293 e. The fourth-order valence-corrected chi connectivity index (χ4v) is 3.03. The van der Waals surface area contributed by atoms with Crippen molar-refractivity contribution in [3.8, 4) is 0 Å². The van der Waals surface area contributed by atoms with Crippen LogP contribution in [0.4, 0.5) is 5.69 Å². The molecule has 0 bridgehead atoms. The molecule has 0 spiro atoms. The summed E-state index contributed by atoms with van der Waals surface area (Å²) in [5.41, 5.74) is 4.41. The zero-order valence-corrected chi connectivity index (χ0v) is 17.7. The fourth-order valence-electron chi connectivity index (χ4n) is 2.78. The Balaban J connectivity index is 0.00000261. The maximum atomic E-state index is 12.5. The van der Waals surface area contributed by atoms with Crippen LogP contribution in [0.25, 0.3) is 0 Å². The minimum absolute atomic E-state index is 0. The Morgan fingerprint density at radius 3 is 2.30 bits per heavy atom. The summed E-state index contributed by atoms with van der Waals surface area (Å²) in [5.74, 6) is -0.0347. The Bertz CT molecular complexity index is 898. The number of hydrogen-bond donors (Lipinski definition) is 1. The average molecular weight is 446 g/mol. The summed E-state index contributed by atoms with van der Waals surface area (Å²) in [7, 11) is 0. The first kappa shape index (κ1) is 21.1. The highest BCUT2D eigenvalue weighted by molar-refractivity contribution is 9.10. The molecule has 3 aromatic rings. The Kier molecular flexibility index (Phi) is 7.57. The molecule has 5 heteroatoms. The monoisotopic (exact) mass is 444 g/mol. The normalized spacial score (nSPS) is 11.4. The summed E-state index contributed by atoms with van der Waals surface area (Å²) < 4.78 is 2.96. The SMILES string of the molecule is Cc1cc(NC(=O)C(C)[n+]2ccc(Cc3ccccc3)cc2)ccc1Br.[Cl-]. The zero-order chi connectivity index (χ0) is 18.5. The van der Waals surface area contributed by atoms with Crippen molar-refractivity contribution in [2.45, 2.75) is 26.3 Å². The second kappa shape index (κ2) is 9.67. The van der Waals surface area contributed by atoms with Crippen molar-refractivity contribution in [3.05, 3.63) is 94.2 Å². The van der Waals surface area contributed by atoms with E-state index >= 15 is 0 Å². The summed E-state index contributed by atoms with van der Waals surface area (Å²) in [6.07, 6.45) is 4.82. The first-order valence-corrected chi connectivity index (χ1v) is 9.43. The van der Waals surface area contributed by atoms with Gasteiger partial charge >= 0.3 is 0 Å². The molecule has 0 aliphatic rings. The van der Waals surface area contributed by atoms with Gasteiger partial charge in [0, 0.05) is 29.2 Å². The number of hydrogen-bond acceptors (Lipinski definition) is 1. The number of benzene rings is 2. The van der Waals surface area contributed by atoms with Crippen LogP contribution in [0.15, 0.2) is 77.5 Å². The molecule has 2 aromatic carbocycles. The molecule has 0 saturated carbocycles. The van der Waals surface area contributed by atoms with E-state index in [-0.39, 0.29) is 24.4 Å². The van der Waals surface area contributed by atoms with Gasteiger partial charge in [-0.1, -0.05) is 46.3 Å². The number of anilines is 1. The van der Waals surface area contributed by atoms with Gasteiger partial charge < -0.3 is 17.7 Å². The third kappa shape index (κ3) is 5.65. The van der Waals surface area contributed by atoms with E-state index in [0.29, 0.717) is 0 Å². The molecular weight excluding hydrogens is 424 g/mol. The second-order valence-electron chi connectivity index (χ2n) is 6.45. The van der Waals surface area contributed by atoms with Gasteiger partial charge in [-0.3, -0.25) is 4.79 Å². The molecular formula is C22H22BrClN2O. The summed E-state index contributed by atoms with van der Waals surface area (Å²) in [6, 6.07) is 20.0. The van der Waals surface area contributed by atoms with Crippen molar-refractivity contribution in [1.29, 1.82) is 0 Å². The number of halogens is 2. The van der Waals surface area contributed by atoms with E-state index in [4.69, 9.17) is 0 Å². The summed E-state index contributed by atoms with van der Waals surface area (Å²) in [6.45, 7) is 3.90. The molecule has 0 radical (unpaired) electrons. The lowest BCUT2D eigenvalue weighted by atomic mass is 10.1. The standard InChI is InChI=1S/C22H21BrN2O.ClH/c1-16-14-20(8-9-21(16)23)24-22(26)17(2)25-12-10-19(11-13-25)15-18-6-4-3-5-7-18;/h3-14,17H,15H2,1-2H3;1H. The molecule has 3 rings (SSSR count). The fraction of sp³-hybridized carbons (Fsp3) is 0.182. The predicted molar refractivity (Wildman–Crippen MR) is 108 cm³/mol. The predicted octanol–water partition coefficient (Wildman–Crippen LogP) is 1.84. The highest BCUT2D eigenvalue weighted by atomic mass is 79.9. The van der Waals surface area contributed by atoms with Crippen molar-refractivity contribution < 1.29 is 21.8 Å². The molecule has 0 saturated heterocycles. The minimum Gasteiger partial charge on any atom is -1.00 e. The lowest BCUT2D eigenvalue weighted by Gasteiger charge is -2.10. The number of nitrogens with one attached hydrogen (secondary N) is 1. The van der Waals surface area contributed by atoms with Crippen molar-refractivity contribution >= 4 is 27.5 Å². The highest BCUT2D eigenvalue weighted by Crippen LogP contribution is 2.20. The van der Waals surface area contributed by atoms with Gasteiger partial charge in [0.25, 0.3) is 5.91 Å². The minimum atomic E-state index is -0.287. The Labute approximate surface area is 175 Å². The van der Waals surface area contributed by atoms with Gasteiger partial charge in [0.15, 0.2) is 12.4 Å². The van der Waals surface area contributed by atoms with Crippen LogP contribution in [0.1, 0.15) is 29.7 Å². The lowest BCUT2D eigenvalue weighted by molar-refractivity contribution is -0.705. The van der Waals surface area contributed by atoms with E-state index in [0.717, 1.165) is 22.1 Å². The second-order valence-corrected chi connectivity index (χ2v) is 7.30. The Hall–Kier alpha value is -2.17. The van der Waals surface area contributed by atoms with Crippen LogP contribution in [0, 0.1) is 6.92 Å². The number of aromatic nitrogens is 1. The first-order valence-electron chi connectivity index (χ1n) is 8.63. The van der Waals surface area contributed by atoms with Crippen molar-refractivity contribution in [3.63, 3.8) is 0 Å². The third-order valence-corrected chi connectivity index (χ3v) is 5.31. The number of carbonyl (C=O) groups excluding carboxylic acids is 1. The number of aryl methyl sites for hydroxylation is 1. The van der Waals surface area contributed by atoms with Crippen molar-refractivity contribution in [1.82, 2.24) is 0 Å². The lowest BCUT2D eigenvalue weighted by Crippen LogP contribution is -3.00. The molecule has 140 valence electrons. The Morgan fingerprint density at radius 2 is 1.67 bits per heavy atom. The van der Waals surface area contributed by atoms with E-state index in [1.165, 1.54) is 11.1 Å². The third-order valence-electron chi connectivity index (χ3n) is 4.42. The molecule has 0 aliphatic carbocycles. The van der Waals surface area contributed by atoms with Crippen LogP contribution in [0.5, 0.6) is 0 Å². The molecule has 0 aliphatic heterocycles. The number of nitrogens with zero attached hydrogens (tertiary/aromatic N) is 1. The van der Waals surface area contributed by atoms with E-state index in [2.05, 4.69) is 57.6 Å². The van der Waals surface area contributed by atoms with Gasteiger partial charge in [-0.05, 0) is 48.2 Å². The quantitative estimate of drug-likeness (QED) is 0.597. The van der Waals surface area contributed by atoms with Gasteiger partial charge in [0.2, 0.25) is 6.04 Å². The number of pyridine rings is 1. The molecule has 0 fully saturated rings. The van der Waals surface area contributed by atoms with Crippen LogP contribution < -0.4 is 22.3 Å². The van der Waals surface area contributed by atoms with Crippen LogP contribution in [-0.2, 0) is 11.2 Å². The Morgan fingerprint density at radius 1 is 1.04 bits per heavy atom. The van der Waals surface area contributed by atoms with Gasteiger partial charge in [0.05, 0.1) is 0 Å². The molecule has 1 N–H and O–H groups in total. The van der Waals surface area contributed by atoms with Gasteiger partial charge in [-0.15, -0.1) is 0 Å². The molecule has 1 atom stereocenters. The van der Waals surface area contributed by atoms with E-state index in [1.807, 2.05) is 55.1 Å². The van der Waals surface area contributed by atoms with Gasteiger partial charge in [-0.25, -0.2) is 0 Å². The van der Waals surface area contributed by atoms with Crippen LogP contribution >= 0.6 is 15.9 Å². The van der Waals surface area contributed by atoms with E-state index < -0.39 is 0 Å². The van der Waals surface area contributed by atoms with Crippen LogP contribution in [0.2, 0.25) is 0 Å². The smallest absolute Gasteiger partial charge is 0.293 e. The molecule has 27 heavy (non-hydrogen) atoms. The highest BCUT2D eigenvalue weighted by Gasteiger charge is 2.21. The summed E-state index contributed by atoms with van der Waals surface area (Å²) in [4.78, 5) is 12.5. The molecule has 1 aromatic heterocycles. The maximum absolute atomic E-state index is 12.5. The number of carbonyl (C=O) groups is 1. The molecule has 1 amide bonds. The zero-order valence-electron chi connectivity index (χ0n) is 15.3. The van der Waals surface area contributed by atoms with Crippen LogP contribution in [0.3, 0.4) is 0 Å². The molecule has 3 nitrogen and oxygen atoms in total. The average Bonchev–Trinajstić information content (AvgIpc) is 2.65. The number of amides is 1. The van der Waals surface area contributed by atoms with Gasteiger partial charge in [-0.2, -0.15) is 4.57 Å². The first-order chi connectivity index (χ1) is 12.5. The number of rotatable bonds is 5. The largest absolute Gasteiger partial charge is 1.00 e. The summed E-state index contributed by atoms with van der Waals surface area (Å²) in [5, 5.41) is 2.98. The molecule has 1 heterocycles. The molecule has 1 unspecified atom stereocenters. The van der Waals surface area contributed by atoms with Crippen LogP contribution in [-0.4, -0.2) is 5.91 Å². The summed E-state index contributed by atoms with van der Waals surface area (Å²) >= 11 is 3.47. The van der Waals surface area contributed by atoms with E-state index in [9.17, 15) is 4.79 Å². The van der Waals surface area contributed by atoms with Gasteiger partial charge in [0.1, 0.15) is 0 Å². The van der Waals surface area contributed by atoms with Crippen molar-refractivity contribution in [2.24, 2.45) is 0 Å². The topological polar surface area (TPSA) is 33.0 Å².